The zero-order chi connectivity index (χ0) is 13.4. The minimum Gasteiger partial charge on any atom is -0.267 e. The SMILES string of the molecule is Cc1n[nH]c(=O)c2c(C)n(Cc3ccccc3)nc12. The second-order valence-corrected chi connectivity index (χ2v) is 4.59. The summed E-state index contributed by atoms with van der Waals surface area (Å²) < 4.78 is 1.85. The number of aromatic amines is 1. The van der Waals surface area contributed by atoms with E-state index in [2.05, 4.69) is 15.3 Å². The Hall–Kier alpha value is -2.43. The van der Waals surface area contributed by atoms with Crippen LogP contribution in [0.1, 0.15) is 17.0 Å². The van der Waals surface area contributed by atoms with E-state index in [0.717, 1.165) is 17.0 Å². The first-order valence-corrected chi connectivity index (χ1v) is 6.13. The van der Waals surface area contributed by atoms with E-state index in [0.29, 0.717) is 17.4 Å². The first-order chi connectivity index (χ1) is 9.16. The standard InChI is InChI=1S/C14H14N4O/c1-9-13-12(14(19)16-15-9)10(2)18(17-13)8-11-6-4-3-5-7-11/h3-7H,8H2,1-2H3,(H,16,19). The summed E-state index contributed by atoms with van der Waals surface area (Å²) in [7, 11) is 0. The molecule has 96 valence electrons. The van der Waals surface area contributed by atoms with Crippen LogP contribution < -0.4 is 5.56 Å². The van der Waals surface area contributed by atoms with Crippen molar-refractivity contribution in [3.8, 4) is 0 Å². The highest BCUT2D eigenvalue weighted by molar-refractivity contribution is 5.81. The molecule has 0 fully saturated rings. The molecule has 0 bridgehead atoms. The fourth-order valence-electron chi connectivity index (χ4n) is 2.22. The number of hydrogen-bond acceptors (Lipinski definition) is 3. The molecule has 0 aliphatic rings. The molecule has 3 rings (SSSR count). The van der Waals surface area contributed by atoms with Gasteiger partial charge in [0.25, 0.3) is 5.56 Å². The number of aryl methyl sites for hydroxylation is 2. The Morgan fingerprint density at radius 1 is 1.21 bits per heavy atom. The van der Waals surface area contributed by atoms with E-state index in [9.17, 15) is 4.79 Å². The summed E-state index contributed by atoms with van der Waals surface area (Å²) in [5.41, 5.74) is 3.25. The minimum atomic E-state index is -0.183. The van der Waals surface area contributed by atoms with Gasteiger partial charge in [-0.2, -0.15) is 10.2 Å². The molecule has 0 atom stereocenters. The molecular weight excluding hydrogens is 240 g/mol. The molecule has 19 heavy (non-hydrogen) atoms. The zero-order valence-corrected chi connectivity index (χ0v) is 10.8. The van der Waals surface area contributed by atoms with Crippen LogP contribution in [0.4, 0.5) is 0 Å². The maximum absolute atomic E-state index is 11.8. The first kappa shape index (κ1) is 11.6. The van der Waals surface area contributed by atoms with E-state index < -0.39 is 0 Å². The molecule has 1 aromatic carbocycles. The normalized spacial score (nSPS) is 11.1. The van der Waals surface area contributed by atoms with Gasteiger partial charge in [0.2, 0.25) is 0 Å². The summed E-state index contributed by atoms with van der Waals surface area (Å²) >= 11 is 0. The summed E-state index contributed by atoms with van der Waals surface area (Å²) in [5.74, 6) is 0. The van der Waals surface area contributed by atoms with Crippen molar-refractivity contribution in [3.63, 3.8) is 0 Å². The van der Waals surface area contributed by atoms with E-state index in [4.69, 9.17) is 0 Å². The number of rotatable bonds is 2. The van der Waals surface area contributed by atoms with Gasteiger partial charge in [0.1, 0.15) is 5.52 Å². The predicted molar refractivity (Wildman–Crippen MR) is 73.2 cm³/mol. The maximum Gasteiger partial charge on any atom is 0.275 e. The molecule has 0 saturated carbocycles. The van der Waals surface area contributed by atoms with Crippen LogP contribution in [0.25, 0.3) is 10.9 Å². The molecule has 0 spiro atoms. The summed E-state index contributed by atoms with van der Waals surface area (Å²) in [6.45, 7) is 4.41. The number of nitrogens with zero attached hydrogens (tertiary/aromatic N) is 3. The highest BCUT2D eigenvalue weighted by atomic mass is 16.1. The molecule has 3 aromatic rings. The number of benzene rings is 1. The van der Waals surface area contributed by atoms with Crippen LogP contribution in [-0.4, -0.2) is 20.0 Å². The number of hydrogen-bond donors (Lipinski definition) is 1. The van der Waals surface area contributed by atoms with Gasteiger partial charge >= 0.3 is 0 Å². The Bertz CT molecular complexity index is 786. The van der Waals surface area contributed by atoms with Crippen LogP contribution in [0.5, 0.6) is 0 Å². The second kappa shape index (κ2) is 4.35. The van der Waals surface area contributed by atoms with Gasteiger partial charge in [-0.3, -0.25) is 9.48 Å². The highest BCUT2D eigenvalue weighted by Gasteiger charge is 2.13. The first-order valence-electron chi connectivity index (χ1n) is 6.13. The molecule has 5 nitrogen and oxygen atoms in total. The lowest BCUT2D eigenvalue weighted by Gasteiger charge is -2.03. The van der Waals surface area contributed by atoms with Gasteiger partial charge in [-0.05, 0) is 19.4 Å². The van der Waals surface area contributed by atoms with Crippen molar-refractivity contribution in [2.75, 3.05) is 0 Å². The monoisotopic (exact) mass is 254 g/mol. The quantitative estimate of drug-likeness (QED) is 0.758. The molecule has 2 aromatic heterocycles. The summed E-state index contributed by atoms with van der Waals surface area (Å²) in [6, 6.07) is 10.1. The van der Waals surface area contributed by atoms with Gasteiger partial charge in [0.05, 0.1) is 17.6 Å². The van der Waals surface area contributed by atoms with Crippen LogP contribution in [0.2, 0.25) is 0 Å². The van der Waals surface area contributed by atoms with Crippen molar-refractivity contribution >= 4 is 10.9 Å². The molecule has 0 aliphatic heterocycles. The van der Waals surface area contributed by atoms with Crippen molar-refractivity contribution < 1.29 is 0 Å². The number of nitrogens with one attached hydrogen (secondary N) is 1. The van der Waals surface area contributed by atoms with Crippen molar-refractivity contribution in [1.29, 1.82) is 0 Å². The molecule has 0 aliphatic carbocycles. The van der Waals surface area contributed by atoms with Gasteiger partial charge in [-0.25, -0.2) is 5.10 Å². The van der Waals surface area contributed by atoms with Crippen molar-refractivity contribution in [2.24, 2.45) is 0 Å². The topological polar surface area (TPSA) is 63.6 Å². The predicted octanol–water partition coefficient (Wildman–Crippen LogP) is 1.78. The lowest BCUT2D eigenvalue weighted by molar-refractivity contribution is 0.673. The summed E-state index contributed by atoms with van der Waals surface area (Å²) in [4.78, 5) is 11.8. The van der Waals surface area contributed by atoms with Crippen LogP contribution in [0.15, 0.2) is 35.1 Å². The van der Waals surface area contributed by atoms with Crippen LogP contribution in [0, 0.1) is 13.8 Å². The fourth-order valence-corrected chi connectivity index (χ4v) is 2.22. The van der Waals surface area contributed by atoms with E-state index in [1.165, 1.54) is 0 Å². The smallest absolute Gasteiger partial charge is 0.267 e. The Labute approximate surface area is 109 Å². The van der Waals surface area contributed by atoms with Crippen LogP contribution in [-0.2, 0) is 6.54 Å². The third-order valence-electron chi connectivity index (χ3n) is 3.28. The Balaban J connectivity index is 2.16. The van der Waals surface area contributed by atoms with Gasteiger partial charge < -0.3 is 0 Å². The number of fused-ring (bicyclic) bond motifs is 1. The van der Waals surface area contributed by atoms with Gasteiger partial charge in [-0.15, -0.1) is 0 Å². The third-order valence-corrected chi connectivity index (χ3v) is 3.28. The van der Waals surface area contributed by atoms with Crippen molar-refractivity contribution in [3.05, 3.63) is 57.6 Å². The average molecular weight is 254 g/mol. The lowest BCUT2D eigenvalue weighted by atomic mass is 10.2. The van der Waals surface area contributed by atoms with Crippen molar-refractivity contribution in [1.82, 2.24) is 20.0 Å². The lowest BCUT2D eigenvalue weighted by Crippen LogP contribution is -2.09. The molecule has 0 unspecified atom stereocenters. The van der Waals surface area contributed by atoms with Crippen molar-refractivity contribution in [2.45, 2.75) is 20.4 Å². The molecule has 0 saturated heterocycles. The van der Waals surface area contributed by atoms with Gasteiger partial charge in [0.15, 0.2) is 0 Å². The zero-order valence-electron chi connectivity index (χ0n) is 10.8. The average Bonchev–Trinajstić information content (AvgIpc) is 2.74. The Morgan fingerprint density at radius 3 is 2.63 bits per heavy atom. The van der Waals surface area contributed by atoms with E-state index in [1.807, 2.05) is 48.9 Å². The number of aromatic nitrogens is 4. The molecule has 1 N–H and O–H groups in total. The van der Waals surface area contributed by atoms with Gasteiger partial charge in [0, 0.05) is 5.69 Å². The largest absolute Gasteiger partial charge is 0.275 e. The van der Waals surface area contributed by atoms with E-state index in [1.54, 1.807) is 0 Å². The molecule has 2 heterocycles. The maximum atomic E-state index is 11.8. The summed E-state index contributed by atoms with van der Waals surface area (Å²) in [6.07, 6.45) is 0. The molecular formula is C14H14N4O. The number of H-pyrrole nitrogens is 1. The molecule has 0 amide bonds. The Morgan fingerprint density at radius 2 is 1.95 bits per heavy atom. The minimum absolute atomic E-state index is 0.183. The van der Waals surface area contributed by atoms with Gasteiger partial charge in [-0.1, -0.05) is 30.3 Å². The van der Waals surface area contributed by atoms with Crippen LogP contribution >= 0.6 is 0 Å². The third kappa shape index (κ3) is 1.93. The second-order valence-electron chi connectivity index (χ2n) is 4.59. The molecule has 0 radical (unpaired) electrons. The summed E-state index contributed by atoms with van der Waals surface area (Å²) in [5, 5.41) is 11.6. The Kier molecular flexibility index (Phi) is 2.67. The van der Waals surface area contributed by atoms with E-state index in [-0.39, 0.29) is 5.56 Å². The fraction of sp³-hybridized carbons (Fsp3) is 0.214. The highest BCUT2D eigenvalue weighted by Crippen LogP contribution is 2.16. The van der Waals surface area contributed by atoms with Crippen LogP contribution in [0.3, 0.4) is 0 Å². The van der Waals surface area contributed by atoms with E-state index >= 15 is 0 Å². The molecule has 5 heteroatoms.